The number of rotatable bonds is 7. The molecule has 0 aliphatic heterocycles. The smallest absolute Gasteiger partial charge is 0.308 e. The van der Waals surface area contributed by atoms with E-state index >= 15 is 0 Å². The highest BCUT2D eigenvalue weighted by Gasteiger charge is 2.23. The van der Waals surface area contributed by atoms with Crippen LogP contribution in [0, 0.1) is 5.92 Å². The molecule has 0 saturated heterocycles. The molecular formula is C15H21NO4. The summed E-state index contributed by atoms with van der Waals surface area (Å²) in [6, 6.07) is 7.13. The van der Waals surface area contributed by atoms with Crippen LogP contribution in [0.15, 0.2) is 24.3 Å². The van der Waals surface area contributed by atoms with Gasteiger partial charge in [0.2, 0.25) is 5.91 Å². The molecule has 0 heterocycles. The molecule has 1 aromatic rings. The van der Waals surface area contributed by atoms with E-state index in [1.54, 1.807) is 25.1 Å². The third-order valence-electron chi connectivity index (χ3n) is 3.02. The van der Waals surface area contributed by atoms with E-state index < -0.39 is 11.9 Å². The Bertz CT molecular complexity index is 473. The van der Waals surface area contributed by atoms with Gasteiger partial charge in [-0.05, 0) is 18.6 Å². The van der Waals surface area contributed by atoms with E-state index in [2.05, 4.69) is 0 Å². The SMILES string of the molecule is CCCC(=O)N(CC(C)C(=O)O)c1ccccc1OC. The topological polar surface area (TPSA) is 66.8 Å². The third-order valence-corrected chi connectivity index (χ3v) is 3.02. The van der Waals surface area contributed by atoms with Crippen molar-refractivity contribution in [3.63, 3.8) is 0 Å². The number of carboxylic acid groups (broad SMARTS) is 1. The number of methoxy groups -OCH3 is 1. The van der Waals surface area contributed by atoms with Gasteiger partial charge in [-0.25, -0.2) is 0 Å². The summed E-state index contributed by atoms with van der Waals surface area (Å²) in [5.41, 5.74) is 0.613. The first-order valence-electron chi connectivity index (χ1n) is 6.67. The minimum absolute atomic E-state index is 0.0925. The summed E-state index contributed by atoms with van der Waals surface area (Å²) in [4.78, 5) is 24.8. The largest absolute Gasteiger partial charge is 0.495 e. The van der Waals surface area contributed by atoms with Crippen molar-refractivity contribution in [3.8, 4) is 5.75 Å². The number of carbonyl (C=O) groups is 2. The molecule has 0 spiro atoms. The van der Waals surface area contributed by atoms with Gasteiger partial charge in [0.1, 0.15) is 5.75 Å². The molecule has 0 fully saturated rings. The van der Waals surface area contributed by atoms with Gasteiger partial charge < -0.3 is 14.7 Å². The fourth-order valence-corrected chi connectivity index (χ4v) is 1.89. The molecule has 0 aliphatic rings. The Kier molecular flexibility index (Phi) is 6.03. The number of hydrogen-bond donors (Lipinski definition) is 1. The molecule has 0 aromatic heterocycles. The third kappa shape index (κ3) is 3.98. The van der Waals surface area contributed by atoms with Crippen LogP contribution in [0.25, 0.3) is 0 Å². The van der Waals surface area contributed by atoms with E-state index in [1.807, 2.05) is 13.0 Å². The molecule has 1 rings (SSSR count). The van der Waals surface area contributed by atoms with Crippen LogP contribution in [0.1, 0.15) is 26.7 Å². The Hall–Kier alpha value is -2.04. The Balaban J connectivity index is 3.09. The molecule has 0 radical (unpaired) electrons. The second-order valence-corrected chi connectivity index (χ2v) is 4.67. The number of nitrogens with zero attached hydrogens (tertiary/aromatic N) is 1. The van der Waals surface area contributed by atoms with Crippen LogP contribution in [-0.4, -0.2) is 30.6 Å². The van der Waals surface area contributed by atoms with E-state index in [-0.39, 0.29) is 12.5 Å². The number of benzene rings is 1. The highest BCUT2D eigenvalue weighted by molar-refractivity contribution is 5.95. The van der Waals surface area contributed by atoms with E-state index in [9.17, 15) is 9.59 Å². The number of carboxylic acids is 1. The molecule has 5 heteroatoms. The van der Waals surface area contributed by atoms with E-state index in [0.717, 1.165) is 0 Å². The zero-order valence-electron chi connectivity index (χ0n) is 12.1. The summed E-state index contributed by atoms with van der Waals surface area (Å²) in [5.74, 6) is -1.09. The Morgan fingerprint density at radius 1 is 1.35 bits per heavy atom. The molecule has 0 bridgehead atoms. The molecule has 1 aromatic carbocycles. The van der Waals surface area contributed by atoms with Crippen LogP contribution < -0.4 is 9.64 Å². The molecule has 20 heavy (non-hydrogen) atoms. The lowest BCUT2D eigenvalue weighted by Crippen LogP contribution is -2.37. The van der Waals surface area contributed by atoms with Crippen molar-refractivity contribution in [2.45, 2.75) is 26.7 Å². The molecular weight excluding hydrogens is 258 g/mol. The molecule has 5 nitrogen and oxygen atoms in total. The Morgan fingerprint density at radius 3 is 2.55 bits per heavy atom. The second-order valence-electron chi connectivity index (χ2n) is 4.67. The van der Waals surface area contributed by atoms with E-state index in [1.165, 1.54) is 12.0 Å². The fourth-order valence-electron chi connectivity index (χ4n) is 1.89. The van der Waals surface area contributed by atoms with E-state index in [0.29, 0.717) is 24.3 Å². The lowest BCUT2D eigenvalue weighted by Gasteiger charge is -2.26. The molecule has 1 atom stereocenters. The van der Waals surface area contributed by atoms with Gasteiger partial charge in [-0.3, -0.25) is 9.59 Å². The lowest BCUT2D eigenvalue weighted by atomic mass is 10.1. The Labute approximate surface area is 119 Å². The number of aliphatic carboxylic acids is 1. The molecule has 0 saturated carbocycles. The Morgan fingerprint density at radius 2 is 2.00 bits per heavy atom. The van der Waals surface area contributed by atoms with Gasteiger partial charge in [0.05, 0.1) is 18.7 Å². The molecule has 1 amide bonds. The van der Waals surface area contributed by atoms with Crippen molar-refractivity contribution in [2.75, 3.05) is 18.6 Å². The van der Waals surface area contributed by atoms with Crippen molar-refractivity contribution in [2.24, 2.45) is 5.92 Å². The molecule has 110 valence electrons. The van der Waals surface area contributed by atoms with Gasteiger partial charge in [-0.2, -0.15) is 0 Å². The van der Waals surface area contributed by atoms with Crippen molar-refractivity contribution < 1.29 is 19.4 Å². The summed E-state index contributed by atoms with van der Waals surface area (Å²) in [7, 11) is 1.53. The van der Waals surface area contributed by atoms with Crippen molar-refractivity contribution in [1.82, 2.24) is 0 Å². The standard InChI is InChI=1S/C15H21NO4/c1-4-7-14(17)16(10-11(2)15(18)19)12-8-5-6-9-13(12)20-3/h5-6,8-9,11H,4,7,10H2,1-3H3,(H,18,19). The first-order valence-corrected chi connectivity index (χ1v) is 6.67. The quantitative estimate of drug-likeness (QED) is 0.833. The maximum atomic E-state index is 12.2. The number of carbonyl (C=O) groups excluding carboxylic acids is 1. The average molecular weight is 279 g/mol. The van der Waals surface area contributed by atoms with Crippen LogP contribution in [0.3, 0.4) is 0 Å². The number of ether oxygens (including phenoxy) is 1. The number of para-hydroxylation sites is 2. The molecule has 1 unspecified atom stereocenters. The highest BCUT2D eigenvalue weighted by Crippen LogP contribution is 2.29. The fraction of sp³-hybridized carbons (Fsp3) is 0.467. The lowest BCUT2D eigenvalue weighted by molar-refractivity contribution is -0.140. The maximum Gasteiger partial charge on any atom is 0.308 e. The number of anilines is 1. The van der Waals surface area contributed by atoms with Crippen molar-refractivity contribution in [3.05, 3.63) is 24.3 Å². The second kappa shape index (κ2) is 7.53. The molecule has 0 aliphatic carbocycles. The summed E-state index contributed by atoms with van der Waals surface area (Å²) in [5, 5.41) is 9.05. The van der Waals surface area contributed by atoms with E-state index in [4.69, 9.17) is 9.84 Å². The van der Waals surface area contributed by atoms with Crippen LogP contribution in [0.4, 0.5) is 5.69 Å². The van der Waals surface area contributed by atoms with Gasteiger partial charge in [-0.15, -0.1) is 0 Å². The average Bonchev–Trinajstić information content (AvgIpc) is 2.44. The first kappa shape index (κ1) is 16.0. The zero-order valence-corrected chi connectivity index (χ0v) is 12.1. The van der Waals surface area contributed by atoms with Gasteiger partial charge >= 0.3 is 5.97 Å². The highest BCUT2D eigenvalue weighted by atomic mass is 16.5. The summed E-state index contributed by atoms with van der Waals surface area (Å²) >= 11 is 0. The van der Waals surface area contributed by atoms with Crippen molar-refractivity contribution in [1.29, 1.82) is 0 Å². The normalized spacial score (nSPS) is 11.8. The number of amides is 1. The van der Waals surface area contributed by atoms with Crippen LogP contribution in [0.2, 0.25) is 0 Å². The first-order chi connectivity index (χ1) is 9.51. The predicted molar refractivity (Wildman–Crippen MR) is 77.1 cm³/mol. The van der Waals surface area contributed by atoms with Crippen LogP contribution >= 0.6 is 0 Å². The van der Waals surface area contributed by atoms with Gasteiger partial charge in [-0.1, -0.05) is 26.0 Å². The van der Waals surface area contributed by atoms with Gasteiger partial charge in [0.15, 0.2) is 0 Å². The minimum atomic E-state index is -0.922. The predicted octanol–water partition coefficient (Wildman–Crippen LogP) is 2.55. The van der Waals surface area contributed by atoms with Gasteiger partial charge in [0.25, 0.3) is 0 Å². The minimum Gasteiger partial charge on any atom is -0.495 e. The number of hydrogen-bond acceptors (Lipinski definition) is 3. The van der Waals surface area contributed by atoms with Crippen LogP contribution in [-0.2, 0) is 9.59 Å². The van der Waals surface area contributed by atoms with Crippen molar-refractivity contribution >= 4 is 17.6 Å². The summed E-state index contributed by atoms with van der Waals surface area (Å²) < 4.78 is 5.26. The summed E-state index contributed by atoms with van der Waals surface area (Å²) in [6.45, 7) is 3.64. The summed E-state index contributed by atoms with van der Waals surface area (Å²) in [6.07, 6.45) is 1.09. The molecule has 1 N–H and O–H groups in total. The zero-order chi connectivity index (χ0) is 15.1. The monoisotopic (exact) mass is 279 g/mol. The van der Waals surface area contributed by atoms with Crippen LogP contribution in [0.5, 0.6) is 5.75 Å². The maximum absolute atomic E-state index is 12.2. The van der Waals surface area contributed by atoms with Gasteiger partial charge in [0, 0.05) is 13.0 Å².